The van der Waals surface area contributed by atoms with Gasteiger partial charge in [0.2, 0.25) is 0 Å². The first-order valence-electron chi connectivity index (χ1n) is 8.48. The lowest BCUT2D eigenvalue weighted by Gasteiger charge is -2.34. The third-order valence-corrected chi connectivity index (χ3v) is 5.52. The van der Waals surface area contributed by atoms with Crippen molar-refractivity contribution in [1.29, 1.82) is 0 Å². The Labute approximate surface area is 147 Å². The van der Waals surface area contributed by atoms with Crippen molar-refractivity contribution in [2.75, 3.05) is 26.3 Å². The van der Waals surface area contributed by atoms with E-state index in [0.717, 1.165) is 37.4 Å². The fraction of sp³-hybridized carbons (Fsp3) is 0.421. The number of morpholine rings is 1. The highest BCUT2D eigenvalue weighted by Gasteiger charge is 2.33. The summed E-state index contributed by atoms with van der Waals surface area (Å²) in [5.41, 5.74) is 1.83. The monoisotopic (exact) mass is 345 g/mol. The van der Waals surface area contributed by atoms with Crippen molar-refractivity contribution in [2.45, 2.75) is 25.9 Å². The van der Waals surface area contributed by atoms with E-state index in [0.29, 0.717) is 0 Å². The van der Waals surface area contributed by atoms with E-state index in [1.165, 1.54) is 9.78 Å². The van der Waals surface area contributed by atoms with Crippen LogP contribution < -0.4 is 10.2 Å². The van der Waals surface area contributed by atoms with Gasteiger partial charge in [-0.05, 0) is 37.4 Å². The predicted molar refractivity (Wildman–Crippen MR) is 96.7 cm³/mol. The van der Waals surface area contributed by atoms with Gasteiger partial charge in [-0.25, -0.2) is 0 Å². The summed E-state index contributed by atoms with van der Waals surface area (Å²) in [5, 5.41) is 5.32. The maximum atomic E-state index is 12.6. The topological polar surface area (TPSA) is 42.8 Å². The Morgan fingerprint density at radius 2 is 2.04 bits per heavy atom. The molecule has 2 atom stereocenters. The molecule has 5 heteroatoms. The van der Waals surface area contributed by atoms with E-state index in [4.69, 9.17) is 4.74 Å². The number of ether oxygens (including phenoxy) is 1. The number of thiophene rings is 1. The molecule has 128 valence electrons. The Morgan fingerprint density at radius 3 is 2.71 bits per heavy atom. The lowest BCUT2D eigenvalue weighted by molar-refractivity contribution is -0.939. The van der Waals surface area contributed by atoms with Crippen LogP contribution in [-0.4, -0.2) is 38.3 Å². The number of aryl methyl sites for hydroxylation is 1. The third-order valence-electron chi connectivity index (χ3n) is 4.56. The fourth-order valence-corrected chi connectivity index (χ4v) is 4.36. The summed E-state index contributed by atoms with van der Waals surface area (Å²) in [4.78, 5) is 15.4. The van der Waals surface area contributed by atoms with Gasteiger partial charge in [-0.2, -0.15) is 0 Å². The van der Waals surface area contributed by atoms with Gasteiger partial charge in [0, 0.05) is 5.56 Å². The molecule has 1 fully saturated rings. The zero-order valence-corrected chi connectivity index (χ0v) is 15.1. The minimum Gasteiger partial charge on any atom is -0.370 e. The zero-order valence-electron chi connectivity index (χ0n) is 14.2. The van der Waals surface area contributed by atoms with Crippen LogP contribution in [0.5, 0.6) is 0 Å². The summed E-state index contributed by atoms with van der Waals surface area (Å²) >= 11 is 1.77. The maximum Gasteiger partial charge on any atom is 0.251 e. The van der Waals surface area contributed by atoms with Crippen molar-refractivity contribution in [3.63, 3.8) is 0 Å². The van der Waals surface area contributed by atoms with Crippen LogP contribution >= 0.6 is 11.3 Å². The SMILES string of the molecule is Cc1cccc(C(=O)N[C@H](C)[C@@H](c2cccs2)[NH+]2CCOCC2)c1. The van der Waals surface area contributed by atoms with Crippen LogP contribution in [0.4, 0.5) is 0 Å². The summed E-state index contributed by atoms with van der Waals surface area (Å²) < 4.78 is 5.51. The van der Waals surface area contributed by atoms with Crippen LogP contribution in [0.25, 0.3) is 0 Å². The smallest absolute Gasteiger partial charge is 0.251 e. The second-order valence-electron chi connectivity index (χ2n) is 6.40. The molecule has 0 bridgehead atoms. The van der Waals surface area contributed by atoms with Gasteiger partial charge in [-0.3, -0.25) is 4.79 Å². The van der Waals surface area contributed by atoms with Gasteiger partial charge in [0.05, 0.1) is 24.1 Å². The highest BCUT2D eigenvalue weighted by molar-refractivity contribution is 7.10. The number of hydrogen-bond donors (Lipinski definition) is 2. The lowest BCUT2D eigenvalue weighted by Crippen LogP contribution is -3.15. The molecule has 0 unspecified atom stereocenters. The largest absolute Gasteiger partial charge is 0.370 e. The third kappa shape index (κ3) is 4.04. The summed E-state index contributed by atoms with van der Waals surface area (Å²) in [5.74, 6) is 0.000385. The molecule has 1 aromatic carbocycles. The Balaban J connectivity index is 1.75. The van der Waals surface area contributed by atoms with Gasteiger partial charge in [0.15, 0.2) is 0 Å². The van der Waals surface area contributed by atoms with Gasteiger partial charge < -0.3 is 15.0 Å². The number of hydrogen-bond acceptors (Lipinski definition) is 3. The van der Waals surface area contributed by atoms with Crippen LogP contribution in [0.15, 0.2) is 41.8 Å². The molecule has 0 saturated carbocycles. The van der Waals surface area contributed by atoms with E-state index >= 15 is 0 Å². The van der Waals surface area contributed by atoms with E-state index in [9.17, 15) is 4.79 Å². The number of amides is 1. The molecule has 24 heavy (non-hydrogen) atoms. The molecule has 0 radical (unpaired) electrons. The average molecular weight is 345 g/mol. The highest BCUT2D eigenvalue weighted by Crippen LogP contribution is 2.20. The molecule has 4 nitrogen and oxygen atoms in total. The summed E-state index contributed by atoms with van der Waals surface area (Å²) in [6.45, 7) is 7.65. The Bertz CT molecular complexity index is 666. The molecule has 1 saturated heterocycles. The summed E-state index contributed by atoms with van der Waals surface area (Å²) in [6.07, 6.45) is 0. The second-order valence-corrected chi connectivity index (χ2v) is 7.37. The molecule has 1 aromatic heterocycles. The first-order valence-corrected chi connectivity index (χ1v) is 9.36. The van der Waals surface area contributed by atoms with Crippen molar-refractivity contribution in [3.8, 4) is 0 Å². The fourth-order valence-electron chi connectivity index (χ4n) is 3.37. The second kappa shape index (κ2) is 7.92. The van der Waals surface area contributed by atoms with E-state index in [1.807, 2.05) is 31.2 Å². The molecule has 2 heterocycles. The van der Waals surface area contributed by atoms with Gasteiger partial charge in [0.25, 0.3) is 5.91 Å². The van der Waals surface area contributed by atoms with Crippen LogP contribution in [0.2, 0.25) is 0 Å². The molecule has 0 spiro atoms. The van der Waals surface area contributed by atoms with Crippen LogP contribution in [-0.2, 0) is 4.74 Å². The highest BCUT2D eigenvalue weighted by atomic mass is 32.1. The molecule has 2 aromatic rings. The Hall–Kier alpha value is -1.69. The molecular weight excluding hydrogens is 320 g/mol. The standard InChI is InChI=1S/C19H24N2O2S/c1-14-5-3-6-16(13-14)19(22)20-15(2)18(17-7-4-12-24-17)21-8-10-23-11-9-21/h3-7,12-13,15,18H,8-11H2,1-2H3,(H,20,22)/p+1/t15-,18+/m1/s1. The normalized spacial score (nSPS) is 18.1. The molecule has 1 aliphatic heterocycles. The maximum absolute atomic E-state index is 12.6. The molecule has 3 rings (SSSR count). The lowest BCUT2D eigenvalue weighted by atomic mass is 10.0. The molecule has 2 N–H and O–H groups in total. The first kappa shape index (κ1) is 17.1. The van der Waals surface area contributed by atoms with Crippen molar-refractivity contribution in [3.05, 3.63) is 57.8 Å². The number of benzene rings is 1. The average Bonchev–Trinajstić information content (AvgIpc) is 3.10. The van der Waals surface area contributed by atoms with Crippen molar-refractivity contribution >= 4 is 17.2 Å². The molecule has 1 amide bonds. The van der Waals surface area contributed by atoms with E-state index in [1.54, 1.807) is 11.3 Å². The summed E-state index contributed by atoms with van der Waals surface area (Å²) in [6, 6.07) is 12.3. The van der Waals surface area contributed by atoms with Gasteiger partial charge in [-0.15, -0.1) is 11.3 Å². The Kier molecular flexibility index (Phi) is 5.66. The Morgan fingerprint density at radius 1 is 1.25 bits per heavy atom. The van der Waals surface area contributed by atoms with E-state index in [2.05, 4.69) is 29.8 Å². The minimum absolute atomic E-state index is 0.000385. The van der Waals surface area contributed by atoms with Gasteiger partial charge >= 0.3 is 0 Å². The van der Waals surface area contributed by atoms with Crippen molar-refractivity contribution in [1.82, 2.24) is 5.32 Å². The van der Waals surface area contributed by atoms with E-state index < -0.39 is 0 Å². The molecular formula is C19H25N2O2S+. The van der Waals surface area contributed by atoms with Crippen LogP contribution in [0, 0.1) is 6.92 Å². The van der Waals surface area contributed by atoms with Gasteiger partial charge in [-0.1, -0.05) is 23.8 Å². The number of quaternary nitrogens is 1. The van der Waals surface area contributed by atoms with Gasteiger partial charge in [0.1, 0.15) is 19.1 Å². The molecule has 0 aliphatic carbocycles. The number of carbonyl (C=O) groups is 1. The van der Waals surface area contributed by atoms with Crippen molar-refractivity contribution < 1.29 is 14.4 Å². The van der Waals surface area contributed by atoms with Crippen LogP contribution in [0.3, 0.4) is 0 Å². The van der Waals surface area contributed by atoms with Crippen LogP contribution in [0.1, 0.15) is 33.8 Å². The number of nitrogens with one attached hydrogen (secondary N) is 2. The number of carbonyl (C=O) groups excluding carboxylic acids is 1. The quantitative estimate of drug-likeness (QED) is 0.868. The first-order chi connectivity index (χ1) is 11.6. The molecule has 1 aliphatic rings. The number of rotatable bonds is 5. The predicted octanol–water partition coefficient (Wildman–Crippen LogP) is 1.83. The minimum atomic E-state index is 0.000385. The summed E-state index contributed by atoms with van der Waals surface area (Å²) in [7, 11) is 0. The van der Waals surface area contributed by atoms with Crippen molar-refractivity contribution in [2.24, 2.45) is 0 Å². The van der Waals surface area contributed by atoms with E-state index in [-0.39, 0.29) is 18.0 Å². The zero-order chi connectivity index (χ0) is 16.9.